The molecular formula is C19H21N5O3S. The number of rotatable bonds is 5. The Balaban J connectivity index is 1.45. The van der Waals surface area contributed by atoms with Gasteiger partial charge in [-0.25, -0.2) is 4.72 Å². The van der Waals surface area contributed by atoms with E-state index < -0.39 is 10.2 Å². The lowest BCUT2D eigenvalue weighted by Gasteiger charge is -2.28. The van der Waals surface area contributed by atoms with Gasteiger partial charge in [0.05, 0.1) is 5.69 Å². The van der Waals surface area contributed by atoms with Gasteiger partial charge in [-0.15, -0.1) is 0 Å². The first kappa shape index (κ1) is 18.7. The summed E-state index contributed by atoms with van der Waals surface area (Å²) in [5.74, 6) is 1.09. The second-order valence-electron chi connectivity index (χ2n) is 6.64. The van der Waals surface area contributed by atoms with Gasteiger partial charge in [-0.2, -0.15) is 17.7 Å². The third-order valence-electron chi connectivity index (χ3n) is 4.93. The smallest absolute Gasteiger partial charge is 0.279 e. The summed E-state index contributed by atoms with van der Waals surface area (Å²) in [7, 11) is -1.96. The van der Waals surface area contributed by atoms with E-state index in [-0.39, 0.29) is 5.92 Å². The minimum atomic E-state index is -3.38. The molecule has 1 saturated heterocycles. The molecule has 0 atom stereocenters. The highest BCUT2D eigenvalue weighted by Crippen LogP contribution is 2.29. The van der Waals surface area contributed by atoms with E-state index in [1.165, 1.54) is 11.4 Å². The second kappa shape index (κ2) is 7.78. The first-order valence-corrected chi connectivity index (χ1v) is 10.5. The van der Waals surface area contributed by atoms with Gasteiger partial charge < -0.3 is 4.52 Å². The van der Waals surface area contributed by atoms with Gasteiger partial charge in [0.25, 0.3) is 10.2 Å². The summed E-state index contributed by atoms with van der Waals surface area (Å²) < 4.78 is 33.0. The van der Waals surface area contributed by atoms with Crippen LogP contribution < -0.4 is 4.72 Å². The standard InChI is InChI=1S/C19H21N5O3S/c1-20-28(25,26)24-11-9-15(10-12-24)19-22-18(23-27-19)16-7-8-17(21-13-16)14-5-3-2-4-6-14/h2-8,13,15,20H,9-12H2,1H3. The van der Waals surface area contributed by atoms with Crippen LogP contribution in [0.2, 0.25) is 0 Å². The predicted molar refractivity (Wildman–Crippen MR) is 104 cm³/mol. The number of nitrogens with one attached hydrogen (secondary N) is 1. The molecule has 1 fully saturated rings. The molecule has 28 heavy (non-hydrogen) atoms. The topological polar surface area (TPSA) is 101 Å². The van der Waals surface area contributed by atoms with E-state index in [1.807, 2.05) is 42.5 Å². The fraction of sp³-hybridized carbons (Fsp3) is 0.316. The van der Waals surface area contributed by atoms with Crippen molar-refractivity contribution in [2.75, 3.05) is 20.1 Å². The zero-order valence-corrected chi connectivity index (χ0v) is 16.3. The molecule has 0 saturated carbocycles. The molecule has 0 amide bonds. The van der Waals surface area contributed by atoms with Crippen LogP contribution in [0.4, 0.5) is 0 Å². The summed E-state index contributed by atoms with van der Waals surface area (Å²) in [5.41, 5.74) is 2.71. The maximum atomic E-state index is 11.9. The lowest BCUT2D eigenvalue weighted by atomic mass is 9.98. The summed E-state index contributed by atoms with van der Waals surface area (Å²) in [6.07, 6.45) is 3.03. The highest BCUT2D eigenvalue weighted by atomic mass is 32.2. The van der Waals surface area contributed by atoms with E-state index in [0.717, 1.165) is 16.8 Å². The molecule has 3 aromatic rings. The highest BCUT2D eigenvalue weighted by Gasteiger charge is 2.30. The minimum Gasteiger partial charge on any atom is -0.339 e. The number of benzene rings is 1. The molecule has 3 heterocycles. The van der Waals surface area contributed by atoms with Crippen LogP contribution in [0.25, 0.3) is 22.6 Å². The second-order valence-corrected chi connectivity index (χ2v) is 8.51. The molecule has 2 aromatic heterocycles. The van der Waals surface area contributed by atoms with Crippen LogP contribution in [0.3, 0.4) is 0 Å². The minimum absolute atomic E-state index is 0.0566. The van der Waals surface area contributed by atoms with Gasteiger partial charge in [-0.05, 0) is 25.0 Å². The molecule has 0 aliphatic carbocycles. The summed E-state index contributed by atoms with van der Waals surface area (Å²) in [5, 5.41) is 4.08. The molecule has 0 unspecified atom stereocenters. The van der Waals surface area contributed by atoms with Gasteiger partial charge in [0.1, 0.15) is 0 Å². The summed E-state index contributed by atoms with van der Waals surface area (Å²) in [6.45, 7) is 0.859. The number of hydrogen-bond donors (Lipinski definition) is 1. The Labute approximate surface area is 163 Å². The van der Waals surface area contributed by atoms with Gasteiger partial charge in [-0.1, -0.05) is 35.5 Å². The van der Waals surface area contributed by atoms with E-state index in [4.69, 9.17) is 4.52 Å². The van der Waals surface area contributed by atoms with Crippen molar-refractivity contribution in [3.63, 3.8) is 0 Å². The molecular weight excluding hydrogens is 378 g/mol. The van der Waals surface area contributed by atoms with Crippen molar-refractivity contribution in [1.82, 2.24) is 24.2 Å². The molecule has 0 radical (unpaired) electrons. The molecule has 146 valence electrons. The van der Waals surface area contributed by atoms with Gasteiger partial charge in [0, 0.05) is 43.4 Å². The third-order valence-corrected chi connectivity index (χ3v) is 6.49. The van der Waals surface area contributed by atoms with Crippen LogP contribution in [-0.2, 0) is 10.2 Å². The number of pyridine rings is 1. The van der Waals surface area contributed by atoms with E-state index in [9.17, 15) is 8.42 Å². The number of aromatic nitrogens is 3. The van der Waals surface area contributed by atoms with E-state index >= 15 is 0 Å². The monoisotopic (exact) mass is 399 g/mol. The van der Waals surface area contributed by atoms with Gasteiger partial charge in [-0.3, -0.25) is 4.98 Å². The zero-order valence-electron chi connectivity index (χ0n) is 15.4. The van der Waals surface area contributed by atoms with Crippen molar-refractivity contribution < 1.29 is 12.9 Å². The molecule has 1 aliphatic heterocycles. The summed E-state index contributed by atoms with van der Waals surface area (Å²) in [4.78, 5) is 9.00. The lowest BCUT2D eigenvalue weighted by molar-refractivity contribution is 0.269. The number of piperidine rings is 1. The maximum Gasteiger partial charge on any atom is 0.279 e. The van der Waals surface area contributed by atoms with E-state index in [0.29, 0.717) is 37.6 Å². The van der Waals surface area contributed by atoms with Gasteiger partial charge in [0.2, 0.25) is 11.7 Å². The SMILES string of the molecule is CNS(=O)(=O)N1CCC(c2nc(-c3ccc(-c4ccccc4)nc3)no2)CC1. The van der Waals surface area contributed by atoms with Gasteiger partial charge in [0.15, 0.2) is 0 Å². The van der Waals surface area contributed by atoms with E-state index in [1.54, 1.807) is 6.20 Å². The lowest BCUT2D eigenvalue weighted by Crippen LogP contribution is -2.43. The van der Waals surface area contributed by atoms with Crippen molar-refractivity contribution in [1.29, 1.82) is 0 Å². The molecule has 1 aliphatic rings. The Morgan fingerprint density at radius 3 is 2.46 bits per heavy atom. The van der Waals surface area contributed by atoms with Crippen LogP contribution >= 0.6 is 0 Å². The molecule has 8 nitrogen and oxygen atoms in total. The Morgan fingerprint density at radius 2 is 1.82 bits per heavy atom. The van der Waals surface area contributed by atoms with Crippen molar-refractivity contribution in [3.05, 3.63) is 54.6 Å². The van der Waals surface area contributed by atoms with Crippen LogP contribution in [-0.4, -0.2) is 48.0 Å². The van der Waals surface area contributed by atoms with Crippen LogP contribution in [0.1, 0.15) is 24.7 Å². The summed E-state index contributed by atoms with van der Waals surface area (Å²) >= 11 is 0. The predicted octanol–water partition coefficient (Wildman–Crippen LogP) is 2.44. The average molecular weight is 399 g/mol. The fourth-order valence-corrected chi connectivity index (χ4v) is 4.25. The highest BCUT2D eigenvalue weighted by molar-refractivity contribution is 7.87. The van der Waals surface area contributed by atoms with Crippen molar-refractivity contribution in [3.8, 4) is 22.6 Å². The van der Waals surface area contributed by atoms with Crippen molar-refractivity contribution in [2.24, 2.45) is 0 Å². The maximum absolute atomic E-state index is 11.9. The molecule has 1 aromatic carbocycles. The normalized spacial score (nSPS) is 16.3. The first-order chi connectivity index (χ1) is 13.6. The number of hydrogen-bond acceptors (Lipinski definition) is 6. The fourth-order valence-electron chi connectivity index (χ4n) is 3.30. The van der Waals surface area contributed by atoms with Crippen molar-refractivity contribution in [2.45, 2.75) is 18.8 Å². The molecule has 0 spiro atoms. The Hall–Kier alpha value is -2.62. The Morgan fingerprint density at radius 1 is 1.07 bits per heavy atom. The van der Waals surface area contributed by atoms with Crippen LogP contribution in [0, 0.1) is 0 Å². The molecule has 9 heteroatoms. The largest absolute Gasteiger partial charge is 0.339 e. The van der Waals surface area contributed by atoms with Crippen molar-refractivity contribution >= 4 is 10.2 Å². The third kappa shape index (κ3) is 3.82. The quantitative estimate of drug-likeness (QED) is 0.707. The summed E-state index contributed by atoms with van der Waals surface area (Å²) in [6, 6.07) is 13.8. The van der Waals surface area contributed by atoms with E-state index in [2.05, 4.69) is 19.8 Å². The van der Waals surface area contributed by atoms with Crippen LogP contribution in [0.15, 0.2) is 53.2 Å². The first-order valence-electron chi connectivity index (χ1n) is 9.11. The Bertz CT molecular complexity index is 1030. The van der Waals surface area contributed by atoms with Gasteiger partial charge >= 0.3 is 0 Å². The molecule has 1 N–H and O–H groups in total. The Kier molecular flexibility index (Phi) is 5.21. The zero-order chi connectivity index (χ0) is 19.6. The molecule has 4 rings (SSSR count). The van der Waals surface area contributed by atoms with Crippen LogP contribution in [0.5, 0.6) is 0 Å². The average Bonchev–Trinajstić information content (AvgIpc) is 3.25. The molecule has 0 bridgehead atoms. The number of nitrogens with zero attached hydrogens (tertiary/aromatic N) is 4.